The Kier molecular flexibility index (Phi) is 3.14. The molecule has 2 aromatic rings. The van der Waals surface area contributed by atoms with Gasteiger partial charge in [0.1, 0.15) is 5.82 Å². The molecule has 0 saturated heterocycles. The number of carbonyl (C=O) groups is 1. The van der Waals surface area contributed by atoms with Gasteiger partial charge in [-0.1, -0.05) is 22.0 Å². The summed E-state index contributed by atoms with van der Waals surface area (Å²) >= 11 is 3.22. The average molecular weight is 283 g/mol. The Bertz CT molecular complexity index is 511. The van der Waals surface area contributed by atoms with Gasteiger partial charge < -0.3 is 4.98 Å². The number of H-pyrrole nitrogens is 1. The first-order chi connectivity index (χ1) is 7.66. The van der Waals surface area contributed by atoms with E-state index in [0.29, 0.717) is 10.3 Å². The molecular weight excluding hydrogens is 275 g/mol. The molecule has 0 spiro atoms. The van der Waals surface area contributed by atoms with Gasteiger partial charge in [-0.05, 0) is 17.7 Å². The lowest BCUT2D eigenvalue weighted by molar-refractivity contribution is 0.0984. The van der Waals surface area contributed by atoms with E-state index < -0.39 is 0 Å². The number of ketones is 1. The molecule has 0 atom stereocenters. The van der Waals surface area contributed by atoms with Crippen LogP contribution in [0.4, 0.5) is 4.39 Å². The van der Waals surface area contributed by atoms with Gasteiger partial charge in [-0.25, -0.2) is 9.37 Å². The van der Waals surface area contributed by atoms with Crippen LogP contribution in [0.5, 0.6) is 0 Å². The number of halogens is 2. The molecule has 1 aromatic carbocycles. The van der Waals surface area contributed by atoms with Crippen molar-refractivity contribution in [1.29, 1.82) is 0 Å². The van der Waals surface area contributed by atoms with E-state index in [-0.39, 0.29) is 18.0 Å². The van der Waals surface area contributed by atoms with Crippen molar-refractivity contribution in [3.05, 3.63) is 52.3 Å². The predicted molar refractivity (Wildman–Crippen MR) is 60.7 cm³/mol. The van der Waals surface area contributed by atoms with Gasteiger partial charge in [0.25, 0.3) is 0 Å². The molecule has 3 nitrogen and oxygen atoms in total. The molecule has 0 bridgehead atoms. The van der Waals surface area contributed by atoms with Crippen molar-refractivity contribution < 1.29 is 9.18 Å². The van der Waals surface area contributed by atoms with Crippen LogP contribution in [0.3, 0.4) is 0 Å². The van der Waals surface area contributed by atoms with Gasteiger partial charge in [0.15, 0.2) is 5.82 Å². The SMILES string of the molecule is O=C(Cc1ccc(F)cc1Br)c1ncc[nH]1. The molecule has 0 fully saturated rings. The summed E-state index contributed by atoms with van der Waals surface area (Å²) in [7, 11) is 0. The fraction of sp³-hybridized carbons (Fsp3) is 0.0909. The molecule has 5 heteroatoms. The molecule has 82 valence electrons. The summed E-state index contributed by atoms with van der Waals surface area (Å²) < 4.78 is 13.4. The van der Waals surface area contributed by atoms with Crippen molar-refractivity contribution in [3.8, 4) is 0 Å². The number of benzene rings is 1. The second-order valence-corrected chi connectivity index (χ2v) is 4.13. The number of Topliss-reactive ketones (excluding diaryl/α,β-unsaturated/α-hetero) is 1. The molecule has 0 aliphatic heterocycles. The summed E-state index contributed by atoms with van der Waals surface area (Å²) in [6.07, 6.45) is 3.30. The Morgan fingerprint density at radius 1 is 1.50 bits per heavy atom. The molecule has 0 saturated carbocycles. The van der Waals surface area contributed by atoms with Crippen molar-refractivity contribution >= 4 is 21.7 Å². The highest BCUT2D eigenvalue weighted by atomic mass is 79.9. The summed E-state index contributed by atoms with van der Waals surface area (Å²) in [6, 6.07) is 4.25. The van der Waals surface area contributed by atoms with Crippen LogP contribution in [-0.4, -0.2) is 15.8 Å². The highest BCUT2D eigenvalue weighted by Crippen LogP contribution is 2.19. The van der Waals surface area contributed by atoms with Gasteiger partial charge in [-0.15, -0.1) is 0 Å². The molecule has 1 heterocycles. The van der Waals surface area contributed by atoms with E-state index in [1.54, 1.807) is 12.3 Å². The number of nitrogens with one attached hydrogen (secondary N) is 1. The van der Waals surface area contributed by atoms with Crippen molar-refractivity contribution in [2.24, 2.45) is 0 Å². The number of aromatic nitrogens is 2. The van der Waals surface area contributed by atoms with Crippen LogP contribution in [0.25, 0.3) is 0 Å². The highest BCUT2D eigenvalue weighted by Gasteiger charge is 2.11. The van der Waals surface area contributed by atoms with E-state index in [9.17, 15) is 9.18 Å². The number of hydrogen-bond acceptors (Lipinski definition) is 2. The second-order valence-electron chi connectivity index (χ2n) is 3.27. The summed E-state index contributed by atoms with van der Waals surface area (Å²) in [6.45, 7) is 0. The molecule has 0 aliphatic carbocycles. The van der Waals surface area contributed by atoms with E-state index in [0.717, 1.165) is 5.56 Å². The Hall–Kier alpha value is -1.49. The molecule has 0 amide bonds. The lowest BCUT2D eigenvalue weighted by Gasteiger charge is -2.02. The fourth-order valence-corrected chi connectivity index (χ4v) is 1.83. The lowest BCUT2D eigenvalue weighted by atomic mass is 10.1. The zero-order chi connectivity index (χ0) is 11.5. The number of nitrogens with zero attached hydrogens (tertiary/aromatic N) is 1. The Morgan fingerprint density at radius 3 is 2.94 bits per heavy atom. The molecule has 0 unspecified atom stereocenters. The number of imidazole rings is 1. The topological polar surface area (TPSA) is 45.8 Å². The van der Waals surface area contributed by atoms with Gasteiger partial charge in [0.2, 0.25) is 5.78 Å². The van der Waals surface area contributed by atoms with Gasteiger partial charge in [0, 0.05) is 23.3 Å². The molecule has 1 aromatic heterocycles. The maximum Gasteiger partial charge on any atom is 0.202 e. The predicted octanol–water partition coefficient (Wildman–Crippen LogP) is 2.74. The van der Waals surface area contributed by atoms with Crippen LogP contribution >= 0.6 is 15.9 Å². The Morgan fingerprint density at radius 2 is 2.31 bits per heavy atom. The molecule has 0 aliphatic rings. The normalized spacial score (nSPS) is 10.4. The summed E-state index contributed by atoms with van der Waals surface area (Å²) in [4.78, 5) is 18.3. The van der Waals surface area contributed by atoms with E-state index >= 15 is 0 Å². The molecule has 2 rings (SSSR count). The minimum absolute atomic E-state index is 0.127. The van der Waals surface area contributed by atoms with Crippen LogP contribution in [0.15, 0.2) is 35.1 Å². The quantitative estimate of drug-likeness (QED) is 0.880. The first-order valence-corrected chi connectivity index (χ1v) is 5.42. The highest BCUT2D eigenvalue weighted by molar-refractivity contribution is 9.10. The number of carbonyl (C=O) groups excluding carboxylic acids is 1. The average Bonchev–Trinajstić information content (AvgIpc) is 2.75. The largest absolute Gasteiger partial charge is 0.342 e. The number of aromatic amines is 1. The Labute approximate surface area is 99.8 Å². The molecule has 16 heavy (non-hydrogen) atoms. The summed E-state index contributed by atoms with van der Waals surface area (Å²) in [5.41, 5.74) is 0.739. The minimum Gasteiger partial charge on any atom is -0.342 e. The van der Waals surface area contributed by atoms with E-state index in [4.69, 9.17) is 0 Å². The van der Waals surface area contributed by atoms with Crippen LogP contribution in [0, 0.1) is 5.82 Å². The summed E-state index contributed by atoms with van der Waals surface area (Å²) in [5, 5.41) is 0. The first-order valence-electron chi connectivity index (χ1n) is 4.63. The van der Waals surface area contributed by atoms with Crippen LogP contribution < -0.4 is 0 Å². The molecular formula is C11H8BrFN2O. The van der Waals surface area contributed by atoms with Gasteiger partial charge in [-0.3, -0.25) is 4.79 Å². The van der Waals surface area contributed by atoms with E-state index in [1.807, 2.05) is 0 Å². The number of rotatable bonds is 3. The minimum atomic E-state index is -0.332. The molecule has 1 N–H and O–H groups in total. The third-order valence-corrected chi connectivity index (χ3v) is 2.87. The standard InChI is InChI=1S/C11H8BrFN2O/c12-9-6-8(13)2-1-7(9)5-10(16)11-14-3-4-15-11/h1-4,6H,5H2,(H,14,15). The second kappa shape index (κ2) is 4.57. The van der Waals surface area contributed by atoms with E-state index in [1.165, 1.54) is 18.3 Å². The van der Waals surface area contributed by atoms with Gasteiger partial charge in [0.05, 0.1) is 0 Å². The van der Waals surface area contributed by atoms with Crippen LogP contribution in [0.2, 0.25) is 0 Å². The van der Waals surface area contributed by atoms with Crippen molar-refractivity contribution in [2.45, 2.75) is 6.42 Å². The van der Waals surface area contributed by atoms with E-state index in [2.05, 4.69) is 25.9 Å². The monoisotopic (exact) mass is 282 g/mol. The van der Waals surface area contributed by atoms with Crippen molar-refractivity contribution in [2.75, 3.05) is 0 Å². The fourth-order valence-electron chi connectivity index (χ4n) is 1.34. The number of hydrogen-bond donors (Lipinski definition) is 1. The van der Waals surface area contributed by atoms with Crippen LogP contribution in [0.1, 0.15) is 16.2 Å². The van der Waals surface area contributed by atoms with Gasteiger partial charge >= 0.3 is 0 Å². The van der Waals surface area contributed by atoms with Crippen molar-refractivity contribution in [3.63, 3.8) is 0 Å². The third kappa shape index (κ3) is 2.36. The zero-order valence-electron chi connectivity index (χ0n) is 8.21. The van der Waals surface area contributed by atoms with Crippen molar-refractivity contribution in [1.82, 2.24) is 9.97 Å². The first kappa shape index (κ1) is 11.0. The molecule has 0 radical (unpaired) electrons. The third-order valence-electron chi connectivity index (χ3n) is 2.13. The van der Waals surface area contributed by atoms with Crippen LogP contribution in [-0.2, 0) is 6.42 Å². The van der Waals surface area contributed by atoms with Gasteiger partial charge in [-0.2, -0.15) is 0 Å². The summed E-state index contributed by atoms with van der Waals surface area (Å²) in [5.74, 6) is -0.144. The zero-order valence-corrected chi connectivity index (χ0v) is 9.79. The Balaban J connectivity index is 2.18. The smallest absolute Gasteiger partial charge is 0.202 e. The maximum absolute atomic E-state index is 12.8. The lowest BCUT2D eigenvalue weighted by Crippen LogP contribution is -2.06. The maximum atomic E-state index is 12.8.